The fourth-order valence-electron chi connectivity index (χ4n) is 2.53. The van der Waals surface area contributed by atoms with Gasteiger partial charge in [0.2, 0.25) is 11.9 Å². The third-order valence-electron chi connectivity index (χ3n) is 3.66. The molecule has 2 rings (SSSR count). The molecule has 106 valence electrons. The van der Waals surface area contributed by atoms with Crippen molar-refractivity contribution in [1.29, 1.82) is 0 Å². The quantitative estimate of drug-likeness (QED) is 0.849. The van der Waals surface area contributed by atoms with Crippen molar-refractivity contribution in [2.45, 2.75) is 52.0 Å². The van der Waals surface area contributed by atoms with Crippen LogP contribution in [-0.2, 0) is 0 Å². The molecule has 1 heterocycles. The van der Waals surface area contributed by atoms with Gasteiger partial charge in [0, 0.05) is 6.04 Å². The van der Waals surface area contributed by atoms with Gasteiger partial charge in [0.25, 0.3) is 0 Å². The Bertz CT molecular complexity index is 404. The van der Waals surface area contributed by atoms with Crippen LogP contribution in [0.3, 0.4) is 0 Å². The molecule has 1 fully saturated rings. The highest BCUT2D eigenvalue weighted by molar-refractivity contribution is 5.33. The Hall–Kier alpha value is -1.59. The number of nitrogens with two attached hydrogens (primary N) is 1. The Morgan fingerprint density at radius 2 is 1.89 bits per heavy atom. The number of rotatable bonds is 5. The van der Waals surface area contributed by atoms with E-state index in [4.69, 9.17) is 10.5 Å². The van der Waals surface area contributed by atoms with E-state index in [1.807, 2.05) is 6.92 Å². The minimum Gasteiger partial charge on any atom is -0.464 e. The predicted molar refractivity (Wildman–Crippen MR) is 75.1 cm³/mol. The van der Waals surface area contributed by atoms with Crippen LogP contribution in [0.2, 0.25) is 0 Å². The van der Waals surface area contributed by atoms with Gasteiger partial charge in [-0.05, 0) is 38.5 Å². The van der Waals surface area contributed by atoms with Crippen LogP contribution in [0.4, 0.5) is 11.9 Å². The molecular weight excluding hydrogens is 242 g/mol. The van der Waals surface area contributed by atoms with E-state index >= 15 is 0 Å². The maximum atomic E-state index is 5.66. The van der Waals surface area contributed by atoms with Crippen molar-refractivity contribution in [2.75, 3.05) is 17.7 Å². The van der Waals surface area contributed by atoms with E-state index in [-0.39, 0.29) is 5.95 Å². The van der Waals surface area contributed by atoms with Crippen molar-refractivity contribution in [3.63, 3.8) is 0 Å². The zero-order chi connectivity index (χ0) is 13.7. The number of nitrogens with zero attached hydrogens (tertiary/aromatic N) is 3. The van der Waals surface area contributed by atoms with E-state index in [1.165, 1.54) is 19.3 Å². The molecule has 0 bridgehead atoms. The maximum absolute atomic E-state index is 5.66. The first-order valence-electron chi connectivity index (χ1n) is 7.12. The maximum Gasteiger partial charge on any atom is 0.323 e. The Morgan fingerprint density at radius 3 is 2.53 bits per heavy atom. The number of ether oxygens (including phenoxy) is 1. The van der Waals surface area contributed by atoms with Crippen molar-refractivity contribution in [2.24, 2.45) is 5.92 Å². The molecule has 1 aromatic rings. The lowest BCUT2D eigenvalue weighted by atomic mass is 9.85. The monoisotopic (exact) mass is 265 g/mol. The summed E-state index contributed by atoms with van der Waals surface area (Å²) in [6.45, 7) is 4.67. The molecule has 1 aromatic heterocycles. The summed E-state index contributed by atoms with van der Waals surface area (Å²) in [7, 11) is 0. The lowest BCUT2D eigenvalue weighted by Gasteiger charge is -2.28. The van der Waals surface area contributed by atoms with Gasteiger partial charge in [0.05, 0.1) is 6.61 Å². The number of nitrogens with one attached hydrogen (secondary N) is 1. The van der Waals surface area contributed by atoms with Crippen LogP contribution in [0.1, 0.15) is 46.0 Å². The Balaban J connectivity index is 1.95. The highest BCUT2D eigenvalue weighted by Crippen LogP contribution is 2.28. The molecule has 1 aliphatic rings. The van der Waals surface area contributed by atoms with Crippen LogP contribution in [0.15, 0.2) is 0 Å². The van der Waals surface area contributed by atoms with Crippen molar-refractivity contribution in [3.8, 4) is 6.01 Å². The minimum atomic E-state index is 0.197. The second-order valence-electron chi connectivity index (χ2n) is 5.00. The Kier molecular flexibility index (Phi) is 4.76. The van der Waals surface area contributed by atoms with E-state index in [2.05, 4.69) is 27.2 Å². The Labute approximate surface area is 114 Å². The second kappa shape index (κ2) is 6.54. The summed E-state index contributed by atoms with van der Waals surface area (Å²) < 4.78 is 5.27. The zero-order valence-corrected chi connectivity index (χ0v) is 11.7. The van der Waals surface area contributed by atoms with Gasteiger partial charge in [0.1, 0.15) is 0 Å². The highest BCUT2D eigenvalue weighted by atomic mass is 16.5. The molecule has 6 heteroatoms. The molecule has 6 nitrogen and oxygen atoms in total. The molecule has 0 aromatic carbocycles. The molecule has 0 spiro atoms. The smallest absolute Gasteiger partial charge is 0.323 e. The summed E-state index contributed by atoms with van der Waals surface area (Å²) in [4.78, 5) is 12.3. The highest BCUT2D eigenvalue weighted by Gasteiger charge is 2.20. The van der Waals surface area contributed by atoms with E-state index < -0.39 is 0 Å². The predicted octanol–water partition coefficient (Wildman–Crippen LogP) is 2.23. The third kappa shape index (κ3) is 3.94. The molecule has 19 heavy (non-hydrogen) atoms. The number of anilines is 2. The summed E-state index contributed by atoms with van der Waals surface area (Å²) in [5.74, 6) is 1.60. The molecule has 0 amide bonds. The summed E-state index contributed by atoms with van der Waals surface area (Å²) in [6, 6.07) is 0.721. The second-order valence-corrected chi connectivity index (χ2v) is 5.00. The Morgan fingerprint density at radius 1 is 1.16 bits per heavy atom. The lowest BCUT2D eigenvalue weighted by Crippen LogP contribution is -2.27. The van der Waals surface area contributed by atoms with Gasteiger partial charge in [-0.3, -0.25) is 0 Å². The third-order valence-corrected chi connectivity index (χ3v) is 3.66. The first-order valence-corrected chi connectivity index (χ1v) is 7.12. The molecule has 0 aliphatic heterocycles. The van der Waals surface area contributed by atoms with E-state index in [1.54, 1.807) is 0 Å². The van der Waals surface area contributed by atoms with E-state index in [0.29, 0.717) is 24.6 Å². The first-order chi connectivity index (χ1) is 9.21. The van der Waals surface area contributed by atoms with Crippen LogP contribution < -0.4 is 15.8 Å². The van der Waals surface area contributed by atoms with Crippen LogP contribution in [-0.4, -0.2) is 27.6 Å². The molecule has 0 atom stereocenters. The van der Waals surface area contributed by atoms with Crippen molar-refractivity contribution in [1.82, 2.24) is 15.0 Å². The topological polar surface area (TPSA) is 86.0 Å². The SMILES string of the molecule is CCOc1nc(N)nc(NC2CCC(CC)CC2)n1. The van der Waals surface area contributed by atoms with Gasteiger partial charge in [0.15, 0.2) is 0 Å². The summed E-state index contributed by atoms with van der Waals surface area (Å²) in [6.07, 6.45) is 6.14. The zero-order valence-electron chi connectivity index (χ0n) is 11.7. The normalized spacial score (nSPS) is 23.1. The van der Waals surface area contributed by atoms with Crippen LogP contribution >= 0.6 is 0 Å². The van der Waals surface area contributed by atoms with Crippen LogP contribution in [0.25, 0.3) is 0 Å². The molecule has 1 aliphatic carbocycles. The summed E-state index contributed by atoms with van der Waals surface area (Å²) in [5, 5.41) is 3.34. The van der Waals surface area contributed by atoms with Crippen molar-refractivity contribution in [3.05, 3.63) is 0 Å². The molecule has 3 N–H and O–H groups in total. The van der Waals surface area contributed by atoms with E-state index in [0.717, 1.165) is 18.8 Å². The largest absolute Gasteiger partial charge is 0.464 e. The molecule has 1 saturated carbocycles. The van der Waals surface area contributed by atoms with Crippen LogP contribution in [0.5, 0.6) is 6.01 Å². The number of hydrogen-bond donors (Lipinski definition) is 2. The van der Waals surface area contributed by atoms with Gasteiger partial charge in [-0.15, -0.1) is 0 Å². The van der Waals surface area contributed by atoms with Gasteiger partial charge in [-0.2, -0.15) is 15.0 Å². The number of hydrogen-bond acceptors (Lipinski definition) is 6. The molecular formula is C13H23N5O. The number of nitrogen functional groups attached to an aromatic ring is 1. The standard InChI is InChI=1S/C13H23N5O/c1-3-9-5-7-10(8-6-9)15-12-16-11(14)17-13(18-12)19-4-2/h9-10H,3-8H2,1-2H3,(H3,14,15,16,17,18). The van der Waals surface area contributed by atoms with Gasteiger partial charge < -0.3 is 15.8 Å². The van der Waals surface area contributed by atoms with Crippen molar-refractivity contribution < 1.29 is 4.74 Å². The molecule has 0 radical (unpaired) electrons. The minimum absolute atomic E-state index is 0.197. The van der Waals surface area contributed by atoms with Crippen molar-refractivity contribution >= 4 is 11.9 Å². The van der Waals surface area contributed by atoms with E-state index in [9.17, 15) is 0 Å². The van der Waals surface area contributed by atoms with Gasteiger partial charge >= 0.3 is 6.01 Å². The fourth-order valence-corrected chi connectivity index (χ4v) is 2.53. The average molecular weight is 265 g/mol. The van der Waals surface area contributed by atoms with Crippen LogP contribution in [0, 0.1) is 5.92 Å². The fraction of sp³-hybridized carbons (Fsp3) is 0.769. The average Bonchev–Trinajstić information content (AvgIpc) is 2.39. The lowest BCUT2D eigenvalue weighted by molar-refractivity contribution is 0.311. The van der Waals surface area contributed by atoms with Gasteiger partial charge in [-0.1, -0.05) is 13.3 Å². The van der Waals surface area contributed by atoms with Gasteiger partial charge in [-0.25, -0.2) is 0 Å². The molecule has 0 saturated heterocycles. The summed E-state index contributed by atoms with van der Waals surface area (Å²) >= 11 is 0. The first kappa shape index (κ1) is 13.8. The molecule has 0 unspecified atom stereocenters. The number of aromatic nitrogens is 3. The summed E-state index contributed by atoms with van der Waals surface area (Å²) in [5.41, 5.74) is 5.66.